The molecule has 0 aliphatic carbocycles. The fraction of sp³-hybridized carbons (Fsp3) is 0.500. The first-order valence-electron chi connectivity index (χ1n) is 8.61. The molecule has 2 saturated heterocycles. The fourth-order valence-electron chi connectivity index (χ4n) is 3.65. The molecule has 28 heavy (non-hydrogen) atoms. The molecule has 2 fully saturated rings. The molecule has 4 unspecified atom stereocenters. The average Bonchev–Trinajstić information content (AvgIpc) is 3.20. The first-order valence-corrected chi connectivity index (χ1v) is 9.40. The number of hydrogen-bond acceptors (Lipinski definition) is 9. The van der Waals surface area contributed by atoms with Crippen LogP contribution < -0.4 is 0 Å². The number of halogens is 1. The zero-order valence-electron chi connectivity index (χ0n) is 15.5. The third-order valence-electron chi connectivity index (χ3n) is 4.80. The van der Waals surface area contributed by atoms with Crippen LogP contribution in [0.5, 0.6) is 0 Å². The van der Waals surface area contributed by atoms with Crippen LogP contribution in [-0.2, 0) is 38.3 Å². The first-order chi connectivity index (χ1) is 13.4. The van der Waals surface area contributed by atoms with Crippen LogP contribution in [0.15, 0.2) is 28.7 Å². The number of rotatable bonds is 5. The highest BCUT2D eigenvalue weighted by atomic mass is 79.9. The van der Waals surface area contributed by atoms with Gasteiger partial charge in [0.25, 0.3) is 0 Å². The summed E-state index contributed by atoms with van der Waals surface area (Å²) in [5.41, 5.74) is -0.947. The lowest BCUT2D eigenvalue weighted by atomic mass is 9.74. The maximum absolute atomic E-state index is 12.9. The summed E-state index contributed by atoms with van der Waals surface area (Å²) < 4.78 is 15.6. The summed E-state index contributed by atoms with van der Waals surface area (Å²) in [4.78, 5) is 48.7. The van der Waals surface area contributed by atoms with Gasteiger partial charge in [0, 0.05) is 10.9 Å². The number of benzene rings is 1. The van der Waals surface area contributed by atoms with Gasteiger partial charge < -0.3 is 14.2 Å². The van der Waals surface area contributed by atoms with Crippen LogP contribution in [0.2, 0.25) is 0 Å². The van der Waals surface area contributed by atoms with Gasteiger partial charge in [0.1, 0.15) is 0 Å². The van der Waals surface area contributed by atoms with E-state index in [2.05, 4.69) is 15.9 Å². The fourth-order valence-corrected chi connectivity index (χ4v) is 4.06. The third kappa shape index (κ3) is 3.30. The Labute approximate surface area is 169 Å². The number of esters is 3. The Morgan fingerprint density at radius 2 is 1.96 bits per heavy atom. The smallest absolute Gasteiger partial charge is 0.337 e. The Hall–Kier alpha value is -2.01. The number of methoxy groups -OCH3 is 2. The number of carbonyl (C=O) groups is 3. The second-order valence-corrected chi connectivity index (χ2v) is 7.22. The summed E-state index contributed by atoms with van der Waals surface area (Å²) >= 11 is 3.39. The molecule has 10 heteroatoms. The predicted molar refractivity (Wildman–Crippen MR) is 96.5 cm³/mol. The lowest BCUT2D eigenvalue weighted by Crippen LogP contribution is -2.50. The molecule has 0 spiro atoms. The molecule has 0 amide bonds. The highest BCUT2D eigenvalue weighted by Gasteiger charge is 2.70. The molecule has 3 rings (SSSR count). The summed E-state index contributed by atoms with van der Waals surface area (Å²) in [7, 11) is 2.44. The van der Waals surface area contributed by atoms with Gasteiger partial charge >= 0.3 is 17.9 Å². The van der Waals surface area contributed by atoms with Gasteiger partial charge in [0.15, 0.2) is 17.7 Å². The van der Waals surface area contributed by atoms with Crippen LogP contribution >= 0.6 is 15.9 Å². The second kappa shape index (κ2) is 8.16. The van der Waals surface area contributed by atoms with E-state index in [1.54, 1.807) is 25.1 Å². The molecule has 2 aliphatic rings. The van der Waals surface area contributed by atoms with Gasteiger partial charge in [-0.3, -0.25) is 9.68 Å². The van der Waals surface area contributed by atoms with E-state index in [0.29, 0.717) is 5.56 Å². The van der Waals surface area contributed by atoms with Gasteiger partial charge in [-0.25, -0.2) is 14.4 Å². The van der Waals surface area contributed by atoms with Crippen LogP contribution in [0.4, 0.5) is 0 Å². The SMILES string of the molecule is CCOC(=O)C1CC2(C(=O)OC)C(c3cccc(Br)c3)C(C(=O)OC)ON2O1. The van der Waals surface area contributed by atoms with Crippen molar-refractivity contribution < 1.29 is 38.3 Å². The van der Waals surface area contributed by atoms with Crippen molar-refractivity contribution in [3.8, 4) is 0 Å². The Morgan fingerprint density at radius 1 is 1.21 bits per heavy atom. The zero-order chi connectivity index (χ0) is 20.5. The van der Waals surface area contributed by atoms with E-state index in [4.69, 9.17) is 23.9 Å². The van der Waals surface area contributed by atoms with E-state index < -0.39 is 41.6 Å². The van der Waals surface area contributed by atoms with E-state index in [-0.39, 0.29) is 13.0 Å². The summed E-state index contributed by atoms with van der Waals surface area (Å²) in [6.45, 7) is 1.82. The van der Waals surface area contributed by atoms with E-state index in [0.717, 1.165) is 9.70 Å². The molecule has 152 valence electrons. The molecule has 4 atom stereocenters. The molecule has 2 heterocycles. The molecule has 2 aliphatic heterocycles. The van der Waals surface area contributed by atoms with Crippen molar-refractivity contribution in [1.29, 1.82) is 0 Å². The zero-order valence-corrected chi connectivity index (χ0v) is 17.1. The number of fused-ring (bicyclic) bond motifs is 1. The minimum atomic E-state index is -1.56. The van der Waals surface area contributed by atoms with Gasteiger partial charge in [-0.15, -0.1) is 0 Å². The van der Waals surface area contributed by atoms with E-state index in [1.807, 2.05) is 6.07 Å². The number of nitrogens with zero attached hydrogens (tertiary/aromatic N) is 1. The lowest BCUT2D eigenvalue weighted by Gasteiger charge is -2.30. The molecule has 1 aromatic rings. The molecule has 0 aromatic heterocycles. The Kier molecular flexibility index (Phi) is 6.04. The van der Waals surface area contributed by atoms with Gasteiger partial charge in [-0.2, -0.15) is 0 Å². The maximum Gasteiger partial charge on any atom is 0.337 e. The molecule has 0 radical (unpaired) electrons. The molecular formula is C18H20BrNO8. The van der Waals surface area contributed by atoms with Gasteiger partial charge in [-0.05, 0) is 29.8 Å². The highest BCUT2D eigenvalue weighted by Crippen LogP contribution is 2.52. The summed E-state index contributed by atoms with van der Waals surface area (Å²) in [5, 5.41) is 0.896. The van der Waals surface area contributed by atoms with E-state index in [9.17, 15) is 14.4 Å². The normalized spacial score (nSPS) is 29.2. The van der Waals surface area contributed by atoms with Crippen molar-refractivity contribution in [3.05, 3.63) is 34.3 Å². The summed E-state index contributed by atoms with van der Waals surface area (Å²) in [5.74, 6) is -2.86. The minimum absolute atomic E-state index is 0.108. The van der Waals surface area contributed by atoms with Crippen LogP contribution in [0.3, 0.4) is 0 Å². The van der Waals surface area contributed by atoms with Crippen LogP contribution in [-0.4, -0.2) is 61.7 Å². The Morgan fingerprint density at radius 3 is 2.57 bits per heavy atom. The van der Waals surface area contributed by atoms with E-state index in [1.165, 1.54) is 14.2 Å². The number of carbonyl (C=O) groups excluding carboxylic acids is 3. The summed E-state index contributed by atoms with van der Waals surface area (Å²) in [6, 6.07) is 7.08. The van der Waals surface area contributed by atoms with E-state index >= 15 is 0 Å². The molecule has 9 nitrogen and oxygen atoms in total. The largest absolute Gasteiger partial charge is 0.467 e. The quantitative estimate of drug-likeness (QED) is 0.480. The summed E-state index contributed by atoms with van der Waals surface area (Å²) in [6.07, 6.45) is -2.35. The molecular weight excluding hydrogens is 438 g/mol. The number of hydroxylamine groups is 2. The highest BCUT2D eigenvalue weighted by molar-refractivity contribution is 9.10. The van der Waals surface area contributed by atoms with Crippen molar-refractivity contribution in [3.63, 3.8) is 0 Å². The Bertz CT molecular complexity index is 787. The van der Waals surface area contributed by atoms with Gasteiger partial charge in [0.05, 0.1) is 26.7 Å². The van der Waals surface area contributed by atoms with Crippen molar-refractivity contribution in [2.24, 2.45) is 0 Å². The average molecular weight is 458 g/mol. The minimum Gasteiger partial charge on any atom is -0.467 e. The van der Waals surface area contributed by atoms with Crippen molar-refractivity contribution >= 4 is 33.8 Å². The lowest BCUT2D eigenvalue weighted by molar-refractivity contribution is -0.362. The Balaban J connectivity index is 2.10. The molecule has 1 aromatic carbocycles. The predicted octanol–water partition coefficient (Wildman–Crippen LogP) is 1.50. The molecule has 0 N–H and O–H groups in total. The number of hydrogen-bond donors (Lipinski definition) is 0. The molecule has 0 bridgehead atoms. The van der Waals surface area contributed by atoms with Crippen molar-refractivity contribution in [2.75, 3.05) is 20.8 Å². The van der Waals surface area contributed by atoms with Crippen molar-refractivity contribution in [1.82, 2.24) is 5.23 Å². The van der Waals surface area contributed by atoms with Crippen LogP contribution in [0.25, 0.3) is 0 Å². The van der Waals surface area contributed by atoms with Crippen LogP contribution in [0, 0.1) is 0 Å². The standard InChI is InChI=1S/C18H20BrNO8/c1-4-26-15(21)12-9-18(17(23)25-3)13(10-6-5-7-11(19)8-10)14(16(22)24-2)28-20(18)27-12/h5-8,12-14H,4,9H2,1-3H3. The third-order valence-corrected chi connectivity index (χ3v) is 5.29. The van der Waals surface area contributed by atoms with Gasteiger partial charge in [-0.1, -0.05) is 28.1 Å². The number of ether oxygens (including phenoxy) is 3. The second-order valence-electron chi connectivity index (χ2n) is 6.31. The first kappa shape index (κ1) is 20.7. The van der Waals surface area contributed by atoms with Crippen LogP contribution in [0.1, 0.15) is 24.8 Å². The molecule has 0 saturated carbocycles. The topological polar surface area (TPSA) is 101 Å². The van der Waals surface area contributed by atoms with Gasteiger partial charge in [0.2, 0.25) is 0 Å². The monoisotopic (exact) mass is 457 g/mol. The van der Waals surface area contributed by atoms with Crippen molar-refractivity contribution in [2.45, 2.75) is 37.0 Å². The maximum atomic E-state index is 12.9.